The first-order valence-corrected chi connectivity index (χ1v) is 12.7. The van der Waals surface area contributed by atoms with Crippen molar-refractivity contribution in [2.45, 2.75) is 39.8 Å². The van der Waals surface area contributed by atoms with Gasteiger partial charge in [0.1, 0.15) is 5.75 Å². The lowest BCUT2D eigenvalue weighted by Crippen LogP contribution is -2.29. The molecule has 1 aliphatic heterocycles. The number of aromatic nitrogens is 2. The second-order valence-corrected chi connectivity index (χ2v) is 10.1. The van der Waals surface area contributed by atoms with Crippen molar-refractivity contribution < 1.29 is 4.74 Å². The molecule has 0 aliphatic carbocycles. The van der Waals surface area contributed by atoms with Crippen molar-refractivity contribution in [1.29, 1.82) is 0 Å². The quantitative estimate of drug-likeness (QED) is 0.291. The van der Waals surface area contributed by atoms with Crippen LogP contribution in [0.15, 0.2) is 66.9 Å². The van der Waals surface area contributed by atoms with E-state index in [-0.39, 0.29) is 12.1 Å². The summed E-state index contributed by atoms with van der Waals surface area (Å²) in [6, 6.07) is 20.4. The SMILES string of the molecule is COc1ccc(N2C(=S)N[C@H](c3ccccn3)[C@@H]2c2cc(C)n(-c3cc(C)cc(C)c3)c2C)cc1Cl. The molecule has 2 aromatic heterocycles. The molecule has 5 rings (SSSR count). The molecule has 3 heterocycles. The number of nitrogens with zero attached hydrogens (tertiary/aromatic N) is 3. The number of halogens is 1. The van der Waals surface area contributed by atoms with Gasteiger partial charge in [-0.15, -0.1) is 0 Å². The molecule has 0 saturated carbocycles. The number of thiocarbonyl (C=S) groups is 1. The van der Waals surface area contributed by atoms with E-state index in [0.29, 0.717) is 15.9 Å². The van der Waals surface area contributed by atoms with Crippen molar-refractivity contribution in [3.8, 4) is 11.4 Å². The summed E-state index contributed by atoms with van der Waals surface area (Å²) in [6.45, 7) is 8.60. The van der Waals surface area contributed by atoms with Crippen molar-refractivity contribution in [3.05, 3.63) is 106 Å². The van der Waals surface area contributed by atoms with Gasteiger partial charge in [0.05, 0.1) is 29.9 Å². The molecule has 1 N–H and O–H groups in total. The van der Waals surface area contributed by atoms with Gasteiger partial charge in [0.2, 0.25) is 0 Å². The van der Waals surface area contributed by atoms with Gasteiger partial charge in [-0.2, -0.15) is 0 Å². The summed E-state index contributed by atoms with van der Waals surface area (Å²) in [5.41, 5.74) is 8.99. The Balaban J connectivity index is 1.69. The molecule has 0 radical (unpaired) electrons. The highest BCUT2D eigenvalue weighted by atomic mass is 35.5. The molecule has 5 nitrogen and oxygen atoms in total. The van der Waals surface area contributed by atoms with Crippen LogP contribution in [-0.2, 0) is 0 Å². The number of nitrogens with one attached hydrogen (secondary N) is 1. The van der Waals surface area contributed by atoms with Crippen LogP contribution in [0.5, 0.6) is 5.75 Å². The lowest BCUT2D eigenvalue weighted by molar-refractivity contribution is 0.415. The number of rotatable bonds is 5. The highest BCUT2D eigenvalue weighted by Crippen LogP contribution is 2.45. The Morgan fingerprint density at radius 3 is 2.33 bits per heavy atom. The van der Waals surface area contributed by atoms with Crippen molar-refractivity contribution >= 4 is 34.6 Å². The Morgan fingerprint density at radius 1 is 0.944 bits per heavy atom. The molecule has 7 heteroatoms. The molecule has 0 bridgehead atoms. The van der Waals surface area contributed by atoms with Crippen molar-refractivity contribution in [3.63, 3.8) is 0 Å². The fourth-order valence-corrected chi connectivity index (χ4v) is 5.92. The van der Waals surface area contributed by atoms with Crippen LogP contribution in [0.25, 0.3) is 5.69 Å². The number of methoxy groups -OCH3 is 1. The first-order valence-electron chi connectivity index (χ1n) is 11.9. The zero-order chi connectivity index (χ0) is 25.6. The topological polar surface area (TPSA) is 42.3 Å². The normalized spacial score (nSPS) is 17.4. The van der Waals surface area contributed by atoms with Gasteiger partial charge in [0.15, 0.2) is 5.11 Å². The van der Waals surface area contributed by atoms with Gasteiger partial charge in [0, 0.05) is 29.0 Å². The van der Waals surface area contributed by atoms with Gasteiger partial charge in [-0.3, -0.25) is 4.98 Å². The third kappa shape index (κ3) is 4.25. The summed E-state index contributed by atoms with van der Waals surface area (Å²) in [6.07, 6.45) is 1.82. The fourth-order valence-electron chi connectivity index (χ4n) is 5.32. The van der Waals surface area contributed by atoms with E-state index in [1.165, 1.54) is 22.4 Å². The van der Waals surface area contributed by atoms with Gasteiger partial charge in [0.25, 0.3) is 0 Å². The number of ether oxygens (including phenoxy) is 1. The third-order valence-corrected chi connectivity index (χ3v) is 7.38. The highest BCUT2D eigenvalue weighted by molar-refractivity contribution is 7.80. The molecule has 0 amide bonds. The molecule has 1 fully saturated rings. The van der Waals surface area contributed by atoms with Crippen LogP contribution in [-0.4, -0.2) is 21.8 Å². The standard InChI is InChI=1S/C29H29ClN4OS/c1-17-12-18(2)14-22(13-17)33-19(3)15-23(20(33)4)28-27(25-8-6-7-11-31-25)32-29(36)34(28)21-9-10-26(35-5)24(30)16-21/h6-16,27-28H,1-5H3,(H,32,36)/t27-,28+/m1/s1. The minimum absolute atomic E-state index is 0.122. The smallest absolute Gasteiger partial charge is 0.174 e. The summed E-state index contributed by atoms with van der Waals surface area (Å²) in [5, 5.41) is 4.71. The molecule has 2 aromatic carbocycles. The van der Waals surface area contributed by atoms with Crippen LogP contribution < -0.4 is 15.0 Å². The number of hydrogen-bond donors (Lipinski definition) is 1. The summed E-state index contributed by atoms with van der Waals surface area (Å²) in [4.78, 5) is 6.83. The van der Waals surface area contributed by atoms with Gasteiger partial charge in [-0.25, -0.2) is 0 Å². The van der Waals surface area contributed by atoms with E-state index in [1.54, 1.807) is 7.11 Å². The van der Waals surface area contributed by atoms with E-state index in [9.17, 15) is 0 Å². The zero-order valence-corrected chi connectivity index (χ0v) is 22.6. The fraction of sp³-hybridized carbons (Fsp3) is 0.241. The lowest BCUT2D eigenvalue weighted by atomic mass is 9.96. The van der Waals surface area contributed by atoms with E-state index < -0.39 is 0 Å². The maximum Gasteiger partial charge on any atom is 0.174 e. The van der Waals surface area contributed by atoms with E-state index in [2.05, 4.69) is 71.7 Å². The van der Waals surface area contributed by atoms with E-state index in [0.717, 1.165) is 22.8 Å². The Labute approximate surface area is 222 Å². The number of hydrogen-bond acceptors (Lipinski definition) is 3. The third-order valence-electron chi connectivity index (χ3n) is 6.77. The average Bonchev–Trinajstić information content (AvgIpc) is 3.34. The Kier molecular flexibility index (Phi) is 6.49. The Morgan fingerprint density at radius 2 is 1.69 bits per heavy atom. The second-order valence-electron chi connectivity index (χ2n) is 9.32. The van der Waals surface area contributed by atoms with Crippen LogP contribution in [0.2, 0.25) is 5.02 Å². The van der Waals surface area contributed by atoms with Gasteiger partial charge in [-0.05, 0) is 105 Å². The molecular formula is C29H29ClN4OS. The molecular weight excluding hydrogens is 488 g/mol. The predicted molar refractivity (Wildman–Crippen MR) is 151 cm³/mol. The molecule has 1 aliphatic rings. The first-order chi connectivity index (χ1) is 17.3. The van der Waals surface area contributed by atoms with Crippen LogP contribution in [0.1, 0.15) is 45.9 Å². The van der Waals surface area contributed by atoms with Crippen LogP contribution in [0, 0.1) is 27.7 Å². The maximum atomic E-state index is 6.54. The molecule has 0 unspecified atom stereocenters. The van der Waals surface area contributed by atoms with E-state index >= 15 is 0 Å². The lowest BCUT2D eigenvalue weighted by Gasteiger charge is -2.28. The number of benzene rings is 2. The van der Waals surface area contributed by atoms with E-state index in [1.807, 2.05) is 42.6 Å². The molecule has 184 valence electrons. The number of pyridine rings is 1. The number of anilines is 1. The zero-order valence-electron chi connectivity index (χ0n) is 21.0. The van der Waals surface area contributed by atoms with Crippen LogP contribution in [0.3, 0.4) is 0 Å². The van der Waals surface area contributed by atoms with E-state index in [4.69, 9.17) is 28.6 Å². The molecule has 4 aromatic rings. The predicted octanol–water partition coefficient (Wildman–Crippen LogP) is 6.95. The second kappa shape index (κ2) is 9.60. The van der Waals surface area contributed by atoms with Gasteiger partial charge >= 0.3 is 0 Å². The van der Waals surface area contributed by atoms with Crippen molar-refractivity contribution in [2.75, 3.05) is 12.0 Å². The van der Waals surface area contributed by atoms with Gasteiger partial charge in [-0.1, -0.05) is 23.7 Å². The summed E-state index contributed by atoms with van der Waals surface area (Å²) < 4.78 is 7.71. The summed E-state index contributed by atoms with van der Waals surface area (Å²) in [5.74, 6) is 0.629. The maximum absolute atomic E-state index is 6.54. The van der Waals surface area contributed by atoms with Crippen molar-refractivity contribution in [1.82, 2.24) is 14.9 Å². The number of aryl methyl sites for hydroxylation is 3. The molecule has 36 heavy (non-hydrogen) atoms. The van der Waals surface area contributed by atoms with Crippen LogP contribution >= 0.6 is 23.8 Å². The summed E-state index contributed by atoms with van der Waals surface area (Å²) >= 11 is 12.4. The largest absolute Gasteiger partial charge is 0.495 e. The minimum atomic E-state index is -0.132. The monoisotopic (exact) mass is 516 g/mol. The Hall–Kier alpha value is -3.35. The molecule has 1 saturated heterocycles. The Bertz CT molecular complexity index is 1430. The molecule has 2 atom stereocenters. The highest BCUT2D eigenvalue weighted by Gasteiger charge is 2.42. The summed E-state index contributed by atoms with van der Waals surface area (Å²) in [7, 11) is 1.62. The minimum Gasteiger partial charge on any atom is -0.495 e. The van der Waals surface area contributed by atoms with Gasteiger partial charge < -0.3 is 19.5 Å². The average molecular weight is 517 g/mol. The first kappa shape index (κ1) is 24.3. The van der Waals surface area contributed by atoms with Crippen LogP contribution in [0.4, 0.5) is 5.69 Å². The van der Waals surface area contributed by atoms with Crippen molar-refractivity contribution in [2.24, 2.45) is 0 Å². The molecule has 0 spiro atoms.